The quantitative estimate of drug-likeness (QED) is 0.255. The van der Waals surface area contributed by atoms with Gasteiger partial charge in [0.15, 0.2) is 0 Å². The Balaban J connectivity index is 1.56. The summed E-state index contributed by atoms with van der Waals surface area (Å²) in [6.07, 6.45) is 5.17. The van der Waals surface area contributed by atoms with E-state index >= 15 is 0 Å². The van der Waals surface area contributed by atoms with Crippen LogP contribution in [-0.4, -0.2) is 86.0 Å². The SMILES string of the molecule is C=CC(=O)Nc1cc(Nc2ncc(N3CCOCC3)c(-c3cn(C)c4ccccc34)n2)c(OC)cc1OCCN(C)C. The third kappa shape index (κ3) is 6.32. The van der Waals surface area contributed by atoms with Crippen LogP contribution in [0.4, 0.5) is 23.0 Å². The molecule has 5 rings (SSSR count). The molecule has 11 heteroatoms. The van der Waals surface area contributed by atoms with Gasteiger partial charge in [0, 0.05) is 55.4 Å². The first-order chi connectivity index (χ1) is 20.4. The predicted octanol–water partition coefficient (Wildman–Crippen LogP) is 4.29. The van der Waals surface area contributed by atoms with Gasteiger partial charge in [0.1, 0.15) is 23.8 Å². The Morgan fingerprint density at radius 3 is 2.69 bits per heavy atom. The molecule has 1 aliphatic heterocycles. The summed E-state index contributed by atoms with van der Waals surface area (Å²) >= 11 is 0. The summed E-state index contributed by atoms with van der Waals surface area (Å²) in [7, 11) is 7.55. The minimum Gasteiger partial charge on any atom is -0.494 e. The van der Waals surface area contributed by atoms with E-state index in [1.54, 1.807) is 19.2 Å². The van der Waals surface area contributed by atoms with Gasteiger partial charge in [-0.15, -0.1) is 0 Å². The molecule has 0 radical (unpaired) electrons. The molecule has 1 aliphatic rings. The molecule has 1 saturated heterocycles. The minimum atomic E-state index is -0.354. The van der Waals surface area contributed by atoms with Crippen LogP contribution in [0.5, 0.6) is 11.5 Å². The summed E-state index contributed by atoms with van der Waals surface area (Å²) in [5.41, 5.74) is 4.92. The van der Waals surface area contributed by atoms with Crippen LogP contribution < -0.4 is 25.0 Å². The Hall–Kier alpha value is -4.61. The maximum absolute atomic E-state index is 12.3. The lowest BCUT2D eigenvalue weighted by Gasteiger charge is -2.30. The number of anilines is 4. The highest BCUT2D eigenvalue weighted by atomic mass is 16.5. The van der Waals surface area contributed by atoms with Gasteiger partial charge < -0.3 is 39.2 Å². The number of carbonyl (C=O) groups excluding carboxylic acids is 1. The monoisotopic (exact) mass is 571 g/mol. The lowest BCUT2D eigenvalue weighted by molar-refractivity contribution is -0.111. The molecule has 1 amide bonds. The maximum atomic E-state index is 12.3. The molecule has 0 atom stereocenters. The molecule has 42 heavy (non-hydrogen) atoms. The third-order valence-corrected chi connectivity index (χ3v) is 7.06. The highest BCUT2D eigenvalue weighted by Gasteiger charge is 2.22. The van der Waals surface area contributed by atoms with Crippen molar-refractivity contribution in [2.24, 2.45) is 7.05 Å². The number of aryl methyl sites for hydroxylation is 1. The number of morpholine rings is 1. The average Bonchev–Trinajstić information content (AvgIpc) is 3.34. The lowest BCUT2D eigenvalue weighted by atomic mass is 10.1. The number of amides is 1. The zero-order valence-corrected chi connectivity index (χ0v) is 24.5. The number of fused-ring (bicyclic) bond motifs is 1. The Morgan fingerprint density at radius 2 is 1.95 bits per heavy atom. The van der Waals surface area contributed by atoms with Crippen molar-refractivity contribution >= 4 is 39.8 Å². The summed E-state index contributed by atoms with van der Waals surface area (Å²) in [5, 5.41) is 7.25. The van der Waals surface area contributed by atoms with Crippen LogP contribution in [0.15, 0.2) is 61.4 Å². The summed E-state index contributed by atoms with van der Waals surface area (Å²) in [6, 6.07) is 11.8. The number of ether oxygens (including phenoxy) is 3. The van der Waals surface area contributed by atoms with Crippen molar-refractivity contribution in [3.8, 4) is 22.8 Å². The topological polar surface area (TPSA) is 106 Å². The fraction of sp³-hybridized carbons (Fsp3) is 0.323. The Kier molecular flexibility index (Phi) is 8.89. The summed E-state index contributed by atoms with van der Waals surface area (Å²) in [4.78, 5) is 26.3. The molecular formula is C31H37N7O4. The van der Waals surface area contributed by atoms with Gasteiger partial charge in [-0.2, -0.15) is 0 Å². The highest BCUT2D eigenvalue weighted by molar-refractivity contribution is 6.01. The zero-order chi connectivity index (χ0) is 29.6. The fourth-order valence-corrected chi connectivity index (χ4v) is 4.89. The molecule has 0 spiro atoms. The predicted molar refractivity (Wildman–Crippen MR) is 166 cm³/mol. The van der Waals surface area contributed by atoms with E-state index in [2.05, 4.69) is 50.0 Å². The summed E-state index contributed by atoms with van der Waals surface area (Å²) in [6.45, 7) is 7.51. The van der Waals surface area contributed by atoms with Crippen molar-refractivity contribution in [2.45, 2.75) is 0 Å². The number of hydrogen-bond acceptors (Lipinski definition) is 9. The molecule has 2 aromatic carbocycles. The minimum absolute atomic E-state index is 0.354. The molecule has 0 unspecified atom stereocenters. The van der Waals surface area contributed by atoms with E-state index in [0.717, 1.165) is 40.9 Å². The largest absolute Gasteiger partial charge is 0.494 e. The van der Waals surface area contributed by atoms with Gasteiger partial charge in [-0.3, -0.25) is 4.79 Å². The Bertz CT molecular complexity index is 1580. The average molecular weight is 572 g/mol. The van der Waals surface area contributed by atoms with Gasteiger partial charge >= 0.3 is 0 Å². The van der Waals surface area contributed by atoms with E-state index in [-0.39, 0.29) is 5.91 Å². The van der Waals surface area contributed by atoms with Crippen molar-refractivity contribution in [2.75, 3.05) is 76.2 Å². The number of nitrogens with zero attached hydrogens (tertiary/aromatic N) is 5. The molecule has 4 aromatic rings. The van der Waals surface area contributed by atoms with E-state index in [1.165, 1.54) is 6.08 Å². The van der Waals surface area contributed by atoms with E-state index < -0.39 is 0 Å². The van der Waals surface area contributed by atoms with Gasteiger partial charge in [0.2, 0.25) is 11.9 Å². The molecule has 11 nitrogen and oxygen atoms in total. The number of carbonyl (C=O) groups is 1. The van der Waals surface area contributed by atoms with Crippen LogP contribution in [0.25, 0.3) is 22.2 Å². The van der Waals surface area contributed by atoms with Crippen molar-refractivity contribution in [3.63, 3.8) is 0 Å². The summed E-state index contributed by atoms with van der Waals surface area (Å²) in [5.74, 6) is 1.02. The number of aromatic nitrogens is 3. The second kappa shape index (κ2) is 12.9. The number of likely N-dealkylation sites (N-methyl/N-ethyl adjacent to an activating group) is 1. The first-order valence-corrected chi connectivity index (χ1v) is 13.8. The van der Waals surface area contributed by atoms with Gasteiger partial charge in [-0.25, -0.2) is 9.97 Å². The van der Waals surface area contributed by atoms with Crippen molar-refractivity contribution in [1.29, 1.82) is 0 Å². The first kappa shape index (κ1) is 28.9. The third-order valence-electron chi connectivity index (χ3n) is 7.06. The van der Waals surface area contributed by atoms with Gasteiger partial charge in [-0.1, -0.05) is 24.8 Å². The van der Waals surface area contributed by atoms with Crippen molar-refractivity contribution in [3.05, 3.63) is 61.4 Å². The van der Waals surface area contributed by atoms with Crippen LogP contribution in [-0.2, 0) is 16.6 Å². The molecule has 220 valence electrons. The lowest BCUT2D eigenvalue weighted by Crippen LogP contribution is -2.36. The van der Waals surface area contributed by atoms with Gasteiger partial charge in [0.25, 0.3) is 0 Å². The Morgan fingerprint density at radius 1 is 1.17 bits per heavy atom. The van der Waals surface area contributed by atoms with Crippen molar-refractivity contribution < 1.29 is 19.0 Å². The smallest absolute Gasteiger partial charge is 0.247 e. The zero-order valence-electron chi connectivity index (χ0n) is 24.5. The van der Waals surface area contributed by atoms with Crippen LogP contribution in [0.3, 0.4) is 0 Å². The van der Waals surface area contributed by atoms with Crippen LogP contribution in [0.2, 0.25) is 0 Å². The summed E-state index contributed by atoms with van der Waals surface area (Å²) < 4.78 is 19.4. The molecule has 0 saturated carbocycles. The number of nitrogens with one attached hydrogen (secondary N) is 2. The second-order valence-electron chi connectivity index (χ2n) is 10.2. The first-order valence-electron chi connectivity index (χ1n) is 13.8. The molecular weight excluding hydrogens is 534 g/mol. The molecule has 3 heterocycles. The number of hydrogen-bond donors (Lipinski definition) is 2. The molecule has 0 bridgehead atoms. The van der Waals surface area contributed by atoms with Crippen LogP contribution in [0, 0.1) is 0 Å². The highest BCUT2D eigenvalue weighted by Crippen LogP contribution is 2.40. The molecule has 0 aliphatic carbocycles. The molecule has 2 aromatic heterocycles. The van der Waals surface area contributed by atoms with E-state index in [4.69, 9.17) is 19.2 Å². The number of para-hydroxylation sites is 1. The molecule has 2 N–H and O–H groups in total. The molecule has 1 fully saturated rings. The van der Waals surface area contributed by atoms with E-state index in [9.17, 15) is 4.79 Å². The van der Waals surface area contributed by atoms with Crippen molar-refractivity contribution in [1.82, 2.24) is 19.4 Å². The van der Waals surface area contributed by atoms with Crippen LogP contribution >= 0.6 is 0 Å². The standard InChI is InChI=1S/C31H37N7O4/c1-6-29(39)33-24-17-23(27(40-5)18-28(24)42-16-11-36(2)3)34-31-32-19-26(38-12-14-41-15-13-38)30(35-31)22-20-37(4)25-10-8-7-9-21(22)25/h6-10,17-20H,1,11-16H2,2-5H3,(H,33,39)(H,32,34,35). The number of benzene rings is 2. The maximum Gasteiger partial charge on any atom is 0.247 e. The number of methoxy groups -OCH3 is 1. The van der Waals surface area contributed by atoms with E-state index in [1.807, 2.05) is 44.4 Å². The second-order valence-corrected chi connectivity index (χ2v) is 10.2. The Labute approximate surface area is 245 Å². The van der Waals surface area contributed by atoms with Gasteiger partial charge in [-0.05, 0) is 32.3 Å². The normalized spacial score (nSPS) is 13.3. The fourth-order valence-electron chi connectivity index (χ4n) is 4.89. The van der Waals surface area contributed by atoms with E-state index in [0.29, 0.717) is 55.2 Å². The number of rotatable bonds is 11. The van der Waals surface area contributed by atoms with Crippen LogP contribution in [0.1, 0.15) is 0 Å². The van der Waals surface area contributed by atoms with Gasteiger partial charge in [0.05, 0.1) is 43.6 Å².